The number of hydrogen-bond donors (Lipinski definition) is 0. The van der Waals surface area contributed by atoms with Crippen LogP contribution in [-0.2, 0) is 0 Å². The molecule has 0 saturated heterocycles. The maximum absolute atomic E-state index is 3.68. The van der Waals surface area contributed by atoms with E-state index < -0.39 is 0 Å². The first-order chi connectivity index (χ1) is 5.66. The van der Waals surface area contributed by atoms with Crippen molar-refractivity contribution in [3.63, 3.8) is 0 Å². The molecule has 0 amide bonds. The van der Waals surface area contributed by atoms with Gasteiger partial charge in [0.1, 0.15) is 0 Å². The summed E-state index contributed by atoms with van der Waals surface area (Å²) < 4.78 is 0. The topological polar surface area (TPSA) is 0 Å². The molecule has 0 aromatic heterocycles. The van der Waals surface area contributed by atoms with E-state index in [1.54, 1.807) is 0 Å². The van der Waals surface area contributed by atoms with Gasteiger partial charge in [-0.3, -0.25) is 0 Å². The van der Waals surface area contributed by atoms with E-state index in [1.807, 2.05) is 0 Å². The predicted octanol–water partition coefficient (Wildman–Crippen LogP) is 4.23. The quantitative estimate of drug-likeness (QED) is 0.637. The molecule has 0 aromatic rings. The average Bonchev–Trinajstić information content (AvgIpc) is 2.02. The molecule has 12 heavy (non-hydrogen) atoms. The maximum atomic E-state index is 3.68. The number of rotatable bonds is 4. The Labute approximate surface area is 85.3 Å². The largest absolute Gasteiger partial charge is 0.0922 e. The molecule has 0 N–H and O–H groups in total. The molecule has 0 nitrogen and oxygen atoms in total. The Bertz CT molecular complexity index is 132. The van der Waals surface area contributed by atoms with Gasteiger partial charge in [-0.1, -0.05) is 49.5 Å². The van der Waals surface area contributed by atoms with Crippen molar-refractivity contribution in [3.8, 4) is 0 Å². The molecule has 72 valence electrons. The normalized spacial score (nSPS) is 26.0. The van der Waals surface area contributed by atoms with Gasteiger partial charge in [0.05, 0.1) is 0 Å². The predicted molar refractivity (Wildman–Crippen MR) is 58.7 cm³/mol. The molecule has 1 saturated carbocycles. The van der Waals surface area contributed by atoms with Crippen molar-refractivity contribution in [2.24, 2.45) is 17.3 Å². The van der Waals surface area contributed by atoms with Gasteiger partial charge >= 0.3 is 0 Å². The van der Waals surface area contributed by atoms with Crippen LogP contribution in [0.4, 0.5) is 0 Å². The fourth-order valence-corrected chi connectivity index (χ4v) is 3.37. The number of alkyl halides is 1. The minimum Gasteiger partial charge on any atom is -0.0922 e. The van der Waals surface area contributed by atoms with Gasteiger partial charge in [0.25, 0.3) is 0 Å². The zero-order chi connectivity index (χ0) is 9.19. The van der Waals surface area contributed by atoms with E-state index in [0.29, 0.717) is 5.41 Å². The third kappa shape index (κ3) is 1.71. The molecule has 1 heteroatoms. The highest BCUT2D eigenvalue weighted by atomic mass is 79.9. The Hall–Kier alpha value is 0.480. The number of halogens is 1. The third-order valence-electron chi connectivity index (χ3n) is 4.08. The summed E-state index contributed by atoms with van der Waals surface area (Å²) >= 11 is 3.68. The minimum absolute atomic E-state index is 0.662. The van der Waals surface area contributed by atoms with Crippen LogP contribution in [0.1, 0.15) is 46.5 Å². The van der Waals surface area contributed by atoms with Crippen molar-refractivity contribution in [2.75, 3.05) is 5.33 Å². The zero-order valence-electron chi connectivity index (χ0n) is 8.57. The highest BCUT2D eigenvalue weighted by Gasteiger charge is 2.42. The van der Waals surface area contributed by atoms with Crippen molar-refractivity contribution in [1.82, 2.24) is 0 Å². The lowest BCUT2D eigenvalue weighted by Crippen LogP contribution is -2.40. The van der Waals surface area contributed by atoms with E-state index in [0.717, 1.165) is 11.8 Å². The molecule has 0 spiro atoms. The lowest BCUT2D eigenvalue weighted by atomic mass is 9.59. The minimum atomic E-state index is 0.662. The molecule has 1 aliphatic rings. The van der Waals surface area contributed by atoms with E-state index >= 15 is 0 Å². The summed E-state index contributed by atoms with van der Waals surface area (Å²) in [4.78, 5) is 0. The molecular weight excluding hydrogens is 212 g/mol. The van der Waals surface area contributed by atoms with Crippen molar-refractivity contribution in [3.05, 3.63) is 0 Å². The summed E-state index contributed by atoms with van der Waals surface area (Å²) in [7, 11) is 0. The van der Waals surface area contributed by atoms with Crippen LogP contribution < -0.4 is 0 Å². The summed E-state index contributed by atoms with van der Waals surface area (Å²) in [6.07, 6.45) is 5.68. The molecule has 0 bridgehead atoms. The second kappa shape index (κ2) is 4.13. The van der Waals surface area contributed by atoms with Gasteiger partial charge in [-0.25, -0.2) is 0 Å². The first kappa shape index (κ1) is 10.6. The van der Waals surface area contributed by atoms with E-state index in [2.05, 4.69) is 36.7 Å². The summed E-state index contributed by atoms with van der Waals surface area (Å²) in [5.41, 5.74) is 0.662. The van der Waals surface area contributed by atoms with E-state index in [-0.39, 0.29) is 0 Å². The molecular formula is C11H21Br. The Kier molecular flexibility index (Phi) is 3.63. The van der Waals surface area contributed by atoms with Gasteiger partial charge in [-0.05, 0) is 30.1 Å². The highest BCUT2D eigenvalue weighted by molar-refractivity contribution is 9.09. The fraction of sp³-hybridized carbons (Fsp3) is 1.00. The standard InChI is InChI=1S/C11H21Br/c1-4-9(2)10(3)11(8-12)6-5-7-11/h9-10H,4-8H2,1-3H3. The highest BCUT2D eigenvalue weighted by Crippen LogP contribution is 2.51. The van der Waals surface area contributed by atoms with Gasteiger partial charge < -0.3 is 0 Å². The molecule has 1 rings (SSSR count). The second-order valence-electron chi connectivity index (χ2n) is 4.52. The van der Waals surface area contributed by atoms with Crippen LogP contribution in [0.2, 0.25) is 0 Å². The lowest BCUT2D eigenvalue weighted by Gasteiger charge is -2.48. The SMILES string of the molecule is CCC(C)C(C)C1(CBr)CCC1. The van der Waals surface area contributed by atoms with Gasteiger partial charge in [0, 0.05) is 5.33 Å². The lowest BCUT2D eigenvalue weighted by molar-refractivity contribution is 0.0539. The van der Waals surface area contributed by atoms with Crippen molar-refractivity contribution >= 4 is 15.9 Å². The van der Waals surface area contributed by atoms with Gasteiger partial charge in [0.2, 0.25) is 0 Å². The second-order valence-corrected chi connectivity index (χ2v) is 5.08. The van der Waals surface area contributed by atoms with Crippen molar-refractivity contribution in [1.29, 1.82) is 0 Å². The van der Waals surface area contributed by atoms with E-state index in [9.17, 15) is 0 Å². The van der Waals surface area contributed by atoms with Gasteiger partial charge in [0.15, 0.2) is 0 Å². The molecule has 0 radical (unpaired) electrons. The van der Waals surface area contributed by atoms with Gasteiger partial charge in [-0.2, -0.15) is 0 Å². The van der Waals surface area contributed by atoms with Crippen LogP contribution in [-0.4, -0.2) is 5.33 Å². The summed E-state index contributed by atoms with van der Waals surface area (Å²) in [6.45, 7) is 7.14. The Morgan fingerprint density at radius 1 is 1.33 bits per heavy atom. The number of hydrogen-bond acceptors (Lipinski definition) is 0. The first-order valence-electron chi connectivity index (χ1n) is 5.22. The van der Waals surface area contributed by atoms with Crippen LogP contribution in [0.3, 0.4) is 0 Å². The fourth-order valence-electron chi connectivity index (χ4n) is 2.30. The summed E-state index contributed by atoms with van der Waals surface area (Å²) in [5, 5.41) is 1.21. The molecule has 2 atom stereocenters. The summed E-state index contributed by atoms with van der Waals surface area (Å²) in [6, 6.07) is 0. The Balaban J connectivity index is 2.53. The van der Waals surface area contributed by atoms with Crippen LogP contribution in [0.25, 0.3) is 0 Å². The summed E-state index contributed by atoms with van der Waals surface area (Å²) in [5.74, 6) is 1.79. The van der Waals surface area contributed by atoms with E-state index in [4.69, 9.17) is 0 Å². The molecule has 0 heterocycles. The molecule has 1 aliphatic carbocycles. The van der Waals surface area contributed by atoms with Gasteiger partial charge in [-0.15, -0.1) is 0 Å². The molecule has 1 fully saturated rings. The monoisotopic (exact) mass is 232 g/mol. The molecule has 0 aliphatic heterocycles. The van der Waals surface area contributed by atoms with Crippen LogP contribution in [0.15, 0.2) is 0 Å². The van der Waals surface area contributed by atoms with Crippen molar-refractivity contribution in [2.45, 2.75) is 46.5 Å². The third-order valence-corrected chi connectivity index (χ3v) is 5.20. The Morgan fingerprint density at radius 3 is 2.17 bits per heavy atom. The first-order valence-corrected chi connectivity index (χ1v) is 6.34. The van der Waals surface area contributed by atoms with Crippen LogP contribution in [0, 0.1) is 17.3 Å². The molecule has 0 aromatic carbocycles. The Morgan fingerprint density at radius 2 is 1.92 bits per heavy atom. The smallest absolute Gasteiger partial charge is 0.00906 e. The average molecular weight is 233 g/mol. The van der Waals surface area contributed by atoms with Crippen LogP contribution >= 0.6 is 15.9 Å². The molecule has 2 unspecified atom stereocenters. The van der Waals surface area contributed by atoms with E-state index in [1.165, 1.54) is 31.0 Å². The maximum Gasteiger partial charge on any atom is 0.00906 e. The van der Waals surface area contributed by atoms with Crippen molar-refractivity contribution < 1.29 is 0 Å². The van der Waals surface area contributed by atoms with Crippen LogP contribution in [0.5, 0.6) is 0 Å². The zero-order valence-corrected chi connectivity index (χ0v) is 10.2.